The monoisotopic (exact) mass is 414 g/mol. The number of carbonyl (C=O) groups is 2. The molecule has 0 N–H and O–H groups in total. The third-order valence-electron chi connectivity index (χ3n) is 4.88. The molecule has 2 aliphatic heterocycles. The van der Waals surface area contributed by atoms with Gasteiger partial charge in [0.1, 0.15) is 17.7 Å². The Hall–Kier alpha value is -3.85. The van der Waals surface area contributed by atoms with Crippen molar-refractivity contribution in [2.24, 2.45) is 5.11 Å². The number of hydrogen-bond acceptors (Lipinski definition) is 5. The average molecular weight is 414 g/mol. The summed E-state index contributed by atoms with van der Waals surface area (Å²) in [6.07, 6.45) is -1.25. The van der Waals surface area contributed by atoms with Crippen LogP contribution >= 0.6 is 0 Å². The molecule has 0 aliphatic carbocycles. The van der Waals surface area contributed by atoms with E-state index in [1.54, 1.807) is 11.0 Å². The highest BCUT2D eigenvalue weighted by molar-refractivity contribution is 6.00. The lowest BCUT2D eigenvalue weighted by Crippen LogP contribution is -2.27. The van der Waals surface area contributed by atoms with Crippen molar-refractivity contribution < 1.29 is 23.1 Å². The highest BCUT2D eigenvalue weighted by Gasteiger charge is 2.34. The van der Waals surface area contributed by atoms with E-state index in [1.165, 1.54) is 46.2 Å². The van der Waals surface area contributed by atoms with Gasteiger partial charge >= 0.3 is 6.09 Å². The van der Waals surface area contributed by atoms with Gasteiger partial charge < -0.3 is 9.64 Å². The van der Waals surface area contributed by atoms with Gasteiger partial charge in [-0.2, -0.15) is 0 Å². The van der Waals surface area contributed by atoms with Crippen LogP contribution in [0.3, 0.4) is 0 Å². The van der Waals surface area contributed by atoms with Crippen LogP contribution in [0.5, 0.6) is 0 Å². The Bertz CT molecular complexity index is 1040. The summed E-state index contributed by atoms with van der Waals surface area (Å²) < 4.78 is 33.0. The highest BCUT2D eigenvalue weighted by atomic mass is 19.1. The Morgan fingerprint density at radius 1 is 1.10 bits per heavy atom. The first kappa shape index (κ1) is 19.5. The van der Waals surface area contributed by atoms with E-state index in [0.717, 1.165) is 0 Å². The molecule has 0 bridgehead atoms. The normalized spacial score (nSPS) is 18.6. The van der Waals surface area contributed by atoms with Crippen LogP contribution in [-0.2, 0) is 9.53 Å². The fraction of sp³-hybridized carbons (Fsp3) is 0.263. The second-order valence-corrected chi connectivity index (χ2v) is 6.80. The zero-order chi connectivity index (χ0) is 21.3. The Morgan fingerprint density at radius 2 is 1.83 bits per heavy atom. The van der Waals surface area contributed by atoms with E-state index < -0.39 is 23.8 Å². The van der Waals surface area contributed by atoms with E-state index in [4.69, 9.17) is 10.3 Å². The Kier molecular flexibility index (Phi) is 5.11. The number of ether oxygens (including phenoxy) is 1. The second kappa shape index (κ2) is 7.88. The first-order valence-corrected chi connectivity index (χ1v) is 9.05. The number of carbonyl (C=O) groups excluding carboxylic acids is 2. The maximum absolute atomic E-state index is 14.8. The number of rotatable bonds is 5. The van der Waals surface area contributed by atoms with Crippen molar-refractivity contribution in [2.45, 2.75) is 6.10 Å². The zero-order valence-corrected chi connectivity index (χ0v) is 15.6. The van der Waals surface area contributed by atoms with Crippen LogP contribution < -0.4 is 14.7 Å². The van der Waals surface area contributed by atoms with Crippen molar-refractivity contribution in [3.05, 3.63) is 64.5 Å². The second-order valence-electron chi connectivity index (χ2n) is 6.80. The lowest BCUT2D eigenvalue weighted by molar-refractivity contribution is -0.115. The van der Waals surface area contributed by atoms with Gasteiger partial charge in [-0.1, -0.05) is 5.11 Å². The van der Waals surface area contributed by atoms with E-state index in [2.05, 4.69) is 10.0 Å². The van der Waals surface area contributed by atoms with Gasteiger partial charge in [0.05, 0.1) is 37.7 Å². The van der Waals surface area contributed by atoms with E-state index >= 15 is 0 Å². The lowest BCUT2D eigenvalue weighted by Gasteiger charge is -2.21. The smallest absolute Gasteiger partial charge is 0.414 e. The molecule has 2 aliphatic rings. The number of benzene rings is 2. The first-order chi connectivity index (χ1) is 14.5. The van der Waals surface area contributed by atoms with Gasteiger partial charge in [-0.05, 0) is 48.0 Å². The van der Waals surface area contributed by atoms with E-state index in [1.807, 2.05) is 0 Å². The molecule has 2 amide bonds. The number of azide groups is 1. The molecule has 9 nitrogen and oxygen atoms in total. The topological polar surface area (TPSA) is 102 Å². The predicted octanol–water partition coefficient (Wildman–Crippen LogP) is 3.41. The Balaban J connectivity index is 1.50. The Labute approximate surface area is 169 Å². The summed E-state index contributed by atoms with van der Waals surface area (Å²) in [4.78, 5) is 31.3. The van der Waals surface area contributed by atoms with Gasteiger partial charge in [0.2, 0.25) is 5.91 Å². The molecule has 0 saturated carbocycles. The predicted molar refractivity (Wildman–Crippen MR) is 104 cm³/mol. The fourth-order valence-corrected chi connectivity index (χ4v) is 3.43. The summed E-state index contributed by atoms with van der Waals surface area (Å²) in [5, 5.41) is 3.38. The molecule has 2 fully saturated rings. The molecule has 154 valence electrons. The van der Waals surface area contributed by atoms with Gasteiger partial charge in [0.15, 0.2) is 0 Å². The van der Waals surface area contributed by atoms with Gasteiger partial charge in [-0.3, -0.25) is 14.6 Å². The summed E-state index contributed by atoms with van der Waals surface area (Å²) in [6.45, 7) is 0.208. The Morgan fingerprint density at radius 3 is 2.53 bits per heavy atom. The summed E-state index contributed by atoms with van der Waals surface area (Å²) in [7, 11) is 0. The standard InChI is InChI=1S/C19H16F2N6O3/c20-12-1-3-13(4-2-12)27-11-25(10-18(27)28)17-6-5-14(7-16(17)21)26-9-15(8-23-24-22)30-19(26)29/h1-7,15H,8-11H2/t15-/m1/s1. The molecule has 0 radical (unpaired) electrons. The minimum Gasteiger partial charge on any atom is -0.444 e. The molecular formula is C19H16F2N6O3. The number of hydrogen-bond donors (Lipinski definition) is 0. The quantitative estimate of drug-likeness (QED) is 0.425. The molecule has 2 heterocycles. The van der Waals surface area contributed by atoms with Gasteiger partial charge in [0.25, 0.3) is 0 Å². The number of nitrogens with zero attached hydrogens (tertiary/aromatic N) is 6. The average Bonchev–Trinajstić information content (AvgIpc) is 3.29. The van der Waals surface area contributed by atoms with Crippen molar-refractivity contribution in [2.75, 3.05) is 41.0 Å². The minimum absolute atomic E-state index is 0.00554. The van der Waals surface area contributed by atoms with Crippen LogP contribution in [0.25, 0.3) is 10.4 Å². The van der Waals surface area contributed by atoms with Gasteiger partial charge in [-0.15, -0.1) is 0 Å². The van der Waals surface area contributed by atoms with Crippen molar-refractivity contribution >= 4 is 29.1 Å². The molecule has 2 aromatic rings. The molecule has 30 heavy (non-hydrogen) atoms. The van der Waals surface area contributed by atoms with Crippen LogP contribution in [0.1, 0.15) is 0 Å². The van der Waals surface area contributed by atoms with Crippen molar-refractivity contribution in [3.8, 4) is 0 Å². The largest absolute Gasteiger partial charge is 0.444 e. The van der Waals surface area contributed by atoms with Crippen LogP contribution in [0, 0.1) is 11.6 Å². The highest BCUT2D eigenvalue weighted by Crippen LogP contribution is 2.30. The number of amides is 2. The molecule has 11 heteroatoms. The van der Waals surface area contributed by atoms with Crippen LogP contribution in [-0.4, -0.2) is 44.4 Å². The summed E-state index contributed by atoms with van der Waals surface area (Å²) in [6, 6.07) is 9.72. The number of anilines is 3. The third-order valence-corrected chi connectivity index (χ3v) is 4.88. The summed E-state index contributed by atoms with van der Waals surface area (Å²) in [5.74, 6) is -1.26. The maximum atomic E-state index is 14.8. The van der Waals surface area contributed by atoms with Crippen LogP contribution in [0.2, 0.25) is 0 Å². The zero-order valence-electron chi connectivity index (χ0n) is 15.6. The van der Waals surface area contributed by atoms with Gasteiger partial charge in [-0.25, -0.2) is 13.6 Å². The van der Waals surface area contributed by atoms with Crippen LogP contribution in [0.15, 0.2) is 47.6 Å². The molecule has 2 saturated heterocycles. The molecule has 0 spiro atoms. The van der Waals surface area contributed by atoms with Crippen molar-refractivity contribution in [3.63, 3.8) is 0 Å². The molecule has 0 unspecified atom stereocenters. The molecular weight excluding hydrogens is 398 g/mol. The van der Waals surface area contributed by atoms with E-state index in [9.17, 15) is 18.4 Å². The maximum Gasteiger partial charge on any atom is 0.414 e. The molecule has 0 aromatic heterocycles. The molecule has 2 aromatic carbocycles. The third kappa shape index (κ3) is 3.70. The van der Waals surface area contributed by atoms with E-state index in [0.29, 0.717) is 11.4 Å². The molecule has 4 rings (SSSR count). The van der Waals surface area contributed by atoms with Crippen LogP contribution in [0.4, 0.5) is 30.6 Å². The first-order valence-electron chi connectivity index (χ1n) is 9.05. The molecule has 1 atom stereocenters. The fourth-order valence-electron chi connectivity index (χ4n) is 3.43. The SMILES string of the molecule is [N-]=[N+]=NC[C@@H]1CN(c2ccc(N3CC(=O)N(c4ccc(F)cc4)C3)c(F)c2)C(=O)O1. The lowest BCUT2D eigenvalue weighted by atomic mass is 10.2. The summed E-state index contributed by atoms with van der Waals surface area (Å²) in [5.41, 5.74) is 9.40. The minimum atomic E-state index is -0.654. The van der Waals surface area contributed by atoms with Gasteiger partial charge in [0, 0.05) is 10.6 Å². The van der Waals surface area contributed by atoms with Crippen molar-refractivity contribution in [1.82, 2.24) is 0 Å². The summed E-state index contributed by atoms with van der Waals surface area (Å²) >= 11 is 0. The van der Waals surface area contributed by atoms with E-state index in [-0.39, 0.29) is 37.9 Å². The number of halogens is 2. The van der Waals surface area contributed by atoms with Crippen molar-refractivity contribution in [1.29, 1.82) is 0 Å². The number of cyclic esters (lactones) is 1.